The van der Waals surface area contributed by atoms with Crippen LogP contribution >= 0.6 is 45.2 Å². The first-order valence-electron chi connectivity index (χ1n) is 2.97. The van der Waals surface area contributed by atoms with E-state index < -0.39 is 0 Å². The van der Waals surface area contributed by atoms with E-state index >= 15 is 0 Å². The second-order valence-corrected chi connectivity index (χ2v) is 4.23. The lowest BCUT2D eigenvalue weighted by Crippen LogP contribution is -2.30. The summed E-state index contributed by atoms with van der Waals surface area (Å²) < 4.78 is 1.56. The van der Waals surface area contributed by atoms with Gasteiger partial charge in [-0.25, -0.2) is 10.8 Å². The van der Waals surface area contributed by atoms with Crippen LogP contribution in [-0.4, -0.2) is 10.9 Å². The fourth-order valence-electron chi connectivity index (χ4n) is 0.660. The first-order valence-corrected chi connectivity index (χ1v) is 5.13. The smallest absolute Gasteiger partial charge is 0.267 e. The summed E-state index contributed by atoms with van der Waals surface area (Å²) in [6, 6.07) is 1.73. The Bertz CT molecular complexity index is 316. The van der Waals surface area contributed by atoms with Gasteiger partial charge in [-0.1, -0.05) is 0 Å². The molecule has 3 N–H and O–H groups in total. The van der Waals surface area contributed by atoms with Crippen LogP contribution in [0.1, 0.15) is 10.4 Å². The summed E-state index contributed by atoms with van der Waals surface area (Å²) >= 11 is 4.07. The van der Waals surface area contributed by atoms with Crippen LogP contribution in [0.3, 0.4) is 0 Å². The highest BCUT2D eigenvalue weighted by atomic mass is 127. The maximum Gasteiger partial charge on any atom is 0.267 e. The van der Waals surface area contributed by atoms with E-state index in [1.807, 2.05) is 22.6 Å². The second kappa shape index (κ2) is 4.33. The van der Waals surface area contributed by atoms with Crippen molar-refractivity contribution in [2.75, 3.05) is 0 Å². The number of hydrogen-bond acceptors (Lipinski definition) is 3. The number of halogens is 2. The number of aromatic nitrogens is 1. The maximum atomic E-state index is 11.1. The zero-order valence-electron chi connectivity index (χ0n) is 5.84. The van der Waals surface area contributed by atoms with E-state index in [0.29, 0.717) is 9.26 Å². The average Bonchev–Trinajstić information content (AvgIpc) is 2.08. The highest BCUT2D eigenvalue weighted by molar-refractivity contribution is 14.1. The number of nitrogens with zero attached hydrogens (tertiary/aromatic N) is 1. The minimum atomic E-state index is -0.314. The lowest BCUT2D eigenvalue weighted by atomic mass is 10.3. The summed E-state index contributed by atoms with van der Waals surface area (Å²) in [6.45, 7) is 0. The van der Waals surface area contributed by atoms with Crippen LogP contribution in [0, 0.1) is 7.27 Å². The summed E-state index contributed by atoms with van der Waals surface area (Å²) in [4.78, 5) is 15.1. The molecule has 0 unspecified atom stereocenters. The molecule has 0 atom stereocenters. The van der Waals surface area contributed by atoms with E-state index in [-0.39, 0.29) is 5.91 Å². The second-order valence-electron chi connectivity index (χ2n) is 1.97. The number of hydrazine groups is 1. The highest BCUT2D eigenvalue weighted by Crippen LogP contribution is 2.12. The normalized spacial score (nSPS) is 9.58. The van der Waals surface area contributed by atoms with Crippen molar-refractivity contribution in [3.8, 4) is 0 Å². The Morgan fingerprint density at radius 3 is 2.83 bits per heavy atom. The van der Waals surface area contributed by atoms with Gasteiger partial charge in [0.05, 0.1) is 5.56 Å². The largest absolute Gasteiger partial charge is 0.290 e. The highest BCUT2D eigenvalue weighted by Gasteiger charge is 2.09. The number of nitrogens with two attached hydrogens (primary N) is 1. The number of rotatable bonds is 1. The first kappa shape index (κ1) is 10.1. The number of carbonyl (C=O) groups excluding carboxylic acids is 1. The number of amides is 1. The molecule has 64 valence electrons. The maximum absolute atomic E-state index is 11.1. The third-order valence-electron chi connectivity index (χ3n) is 1.18. The number of hydrogen-bond donors (Lipinski definition) is 2. The van der Waals surface area contributed by atoms with E-state index in [9.17, 15) is 4.79 Å². The van der Waals surface area contributed by atoms with Gasteiger partial charge in [0.1, 0.15) is 3.70 Å². The molecule has 1 amide bonds. The van der Waals surface area contributed by atoms with Crippen LogP contribution in [0.2, 0.25) is 0 Å². The third kappa shape index (κ3) is 2.26. The number of nitrogen functional groups attached to an aromatic ring is 1. The van der Waals surface area contributed by atoms with E-state index in [1.165, 1.54) is 0 Å². The zero-order valence-corrected chi connectivity index (χ0v) is 10.2. The molecule has 0 spiro atoms. The fraction of sp³-hybridized carbons (Fsp3) is 0. The molecule has 0 radical (unpaired) electrons. The van der Waals surface area contributed by atoms with Gasteiger partial charge in [0.15, 0.2) is 0 Å². The van der Waals surface area contributed by atoms with Gasteiger partial charge in [-0.05, 0) is 51.2 Å². The van der Waals surface area contributed by atoms with Gasteiger partial charge < -0.3 is 0 Å². The van der Waals surface area contributed by atoms with Gasteiger partial charge in [0, 0.05) is 9.77 Å². The summed E-state index contributed by atoms with van der Waals surface area (Å²) in [6.07, 6.45) is 1.69. The molecule has 0 fully saturated rings. The molecule has 6 heteroatoms. The fourth-order valence-corrected chi connectivity index (χ4v) is 1.65. The molecule has 1 aromatic heterocycles. The Labute approximate surface area is 96.6 Å². The molecule has 0 aliphatic rings. The van der Waals surface area contributed by atoms with Crippen molar-refractivity contribution >= 4 is 51.1 Å². The Hall–Kier alpha value is 0.0400. The minimum absolute atomic E-state index is 0.314. The summed E-state index contributed by atoms with van der Waals surface area (Å²) in [5.41, 5.74) is 2.57. The molecule has 0 bridgehead atoms. The first-order chi connectivity index (χ1) is 5.65. The van der Waals surface area contributed by atoms with Gasteiger partial charge in [0.25, 0.3) is 5.91 Å². The van der Waals surface area contributed by atoms with E-state index in [1.54, 1.807) is 12.3 Å². The molecule has 1 heterocycles. The van der Waals surface area contributed by atoms with Crippen molar-refractivity contribution in [3.05, 3.63) is 25.1 Å². The average molecular weight is 389 g/mol. The lowest BCUT2D eigenvalue weighted by Gasteiger charge is -2.01. The van der Waals surface area contributed by atoms with Crippen LogP contribution < -0.4 is 11.3 Å². The molecular weight excluding hydrogens is 384 g/mol. The predicted octanol–water partition coefficient (Wildman–Crippen LogP) is 0.894. The topological polar surface area (TPSA) is 68.0 Å². The minimum Gasteiger partial charge on any atom is -0.290 e. The van der Waals surface area contributed by atoms with Crippen molar-refractivity contribution in [1.29, 1.82) is 0 Å². The summed E-state index contributed by atoms with van der Waals surface area (Å²) in [7, 11) is 0. The zero-order chi connectivity index (χ0) is 9.14. The van der Waals surface area contributed by atoms with Gasteiger partial charge in [0.2, 0.25) is 0 Å². The van der Waals surface area contributed by atoms with E-state index in [2.05, 4.69) is 33.0 Å². The van der Waals surface area contributed by atoms with Crippen LogP contribution in [-0.2, 0) is 0 Å². The molecule has 0 saturated carbocycles. The molecular formula is C6H5I2N3O. The molecule has 0 aromatic carbocycles. The van der Waals surface area contributed by atoms with Gasteiger partial charge in [-0.15, -0.1) is 0 Å². The van der Waals surface area contributed by atoms with Crippen molar-refractivity contribution < 1.29 is 4.79 Å². The molecule has 4 nitrogen and oxygen atoms in total. The molecule has 0 saturated heterocycles. The SMILES string of the molecule is NNC(=O)c1cc(I)cnc1I. The van der Waals surface area contributed by atoms with Crippen LogP contribution in [0.15, 0.2) is 12.3 Å². The third-order valence-corrected chi connectivity index (χ3v) is 2.63. The van der Waals surface area contributed by atoms with Gasteiger partial charge in [-0.3, -0.25) is 10.2 Å². The molecule has 0 aliphatic carbocycles. The number of pyridine rings is 1. The molecule has 12 heavy (non-hydrogen) atoms. The predicted molar refractivity (Wildman–Crippen MR) is 61.3 cm³/mol. The van der Waals surface area contributed by atoms with Crippen LogP contribution in [0.4, 0.5) is 0 Å². The van der Waals surface area contributed by atoms with E-state index in [4.69, 9.17) is 5.84 Å². The molecule has 1 rings (SSSR count). The Kier molecular flexibility index (Phi) is 3.65. The van der Waals surface area contributed by atoms with Crippen LogP contribution in [0.25, 0.3) is 0 Å². The van der Waals surface area contributed by atoms with E-state index in [0.717, 1.165) is 3.57 Å². The van der Waals surface area contributed by atoms with Crippen molar-refractivity contribution in [2.24, 2.45) is 5.84 Å². The van der Waals surface area contributed by atoms with Crippen LogP contribution in [0.5, 0.6) is 0 Å². The summed E-state index contributed by atoms with van der Waals surface area (Å²) in [5.74, 6) is 4.68. The monoisotopic (exact) mass is 389 g/mol. The lowest BCUT2D eigenvalue weighted by molar-refractivity contribution is 0.0952. The Balaban J connectivity index is 3.13. The van der Waals surface area contributed by atoms with Gasteiger partial charge >= 0.3 is 0 Å². The Morgan fingerprint density at radius 2 is 2.25 bits per heavy atom. The summed E-state index contributed by atoms with van der Waals surface area (Å²) in [5, 5.41) is 0. The van der Waals surface area contributed by atoms with Gasteiger partial charge in [-0.2, -0.15) is 0 Å². The van der Waals surface area contributed by atoms with Crippen molar-refractivity contribution in [3.63, 3.8) is 0 Å². The number of nitrogens with one attached hydrogen (secondary N) is 1. The van der Waals surface area contributed by atoms with Crippen molar-refractivity contribution in [2.45, 2.75) is 0 Å². The quantitative estimate of drug-likeness (QED) is 0.247. The molecule has 1 aromatic rings. The molecule has 0 aliphatic heterocycles. The standard InChI is InChI=1S/C6H5I2N3O/c7-3-1-4(6(12)11-9)5(8)10-2-3/h1-2H,9H2,(H,11,12). The number of carbonyl (C=O) groups is 1. The van der Waals surface area contributed by atoms with Crippen molar-refractivity contribution in [1.82, 2.24) is 10.4 Å². The Morgan fingerprint density at radius 1 is 1.58 bits per heavy atom.